The van der Waals surface area contributed by atoms with E-state index in [1.165, 1.54) is 0 Å². The number of ether oxygens (including phenoxy) is 2. The lowest BCUT2D eigenvalue weighted by atomic mass is 9.98. The molecule has 0 spiro atoms. The van der Waals surface area contributed by atoms with Crippen LogP contribution < -0.4 is 9.47 Å². The molecule has 0 bridgehead atoms. The lowest BCUT2D eigenvalue weighted by molar-refractivity contribution is 0.112. The highest BCUT2D eigenvalue weighted by Gasteiger charge is 2.12. The van der Waals surface area contributed by atoms with Crippen LogP contribution >= 0.6 is 0 Å². The molecular formula is C17H16O3. The molecular weight excluding hydrogens is 252 g/mol. The first-order chi connectivity index (χ1) is 9.78. The second kappa shape index (κ2) is 5.37. The molecule has 0 saturated heterocycles. The molecule has 102 valence electrons. The smallest absolute Gasteiger partial charge is 0.161 e. The van der Waals surface area contributed by atoms with Gasteiger partial charge in [0.15, 0.2) is 11.5 Å². The van der Waals surface area contributed by atoms with E-state index in [-0.39, 0.29) is 0 Å². The van der Waals surface area contributed by atoms with Gasteiger partial charge in [0.1, 0.15) is 6.29 Å². The standard InChI is InChI=1S/C17H16O3/c1-12-9-13(11-18)3-5-15(12)14-4-6-16-17(10-14)20-8-2-7-19-16/h3-6,9-11H,2,7-8H2,1H3. The molecule has 3 rings (SSSR count). The summed E-state index contributed by atoms with van der Waals surface area (Å²) in [4.78, 5) is 10.8. The van der Waals surface area contributed by atoms with Gasteiger partial charge < -0.3 is 9.47 Å². The Bertz CT molecular complexity index is 647. The Morgan fingerprint density at radius 3 is 2.55 bits per heavy atom. The molecule has 0 amide bonds. The first-order valence-corrected chi connectivity index (χ1v) is 6.74. The molecule has 0 radical (unpaired) electrons. The summed E-state index contributed by atoms with van der Waals surface area (Å²) < 4.78 is 11.3. The van der Waals surface area contributed by atoms with Gasteiger partial charge in [-0.05, 0) is 41.8 Å². The Morgan fingerprint density at radius 1 is 1.00 bits per heavy atom. The van der Waals surface area contributed by atoms with Gasteiger partial charge in [0, 0.05) is 12.0 Å². The molecule has 20 heavy (non-hydrogen) atoms. The van der Waals surface area contributed by atoms with E-state index >= 15 is 0 Å². The van der Waals surface area contributed by atoms with Gasteiger partial charge >= 0.3 is 0 Å². The molecule has 0 fully saturated rings. The van der Waals surface area contributed by atoms with Crippen LogP contribution in [0.2, 0.25) is 0 Å². The Morgan fingerprint density at radius 2 is 1.80 bits per heavy atom. The summed E-state index contributed by atoms with van der Waals surface area (Å²) in [6.45, 7) is 3.38. The minimum atomic E-state index is 0.680. The van der Waals surface area contributed by atoms with E-state index in [4.69, 9.17) is 9.47 Å². The van der Waals surface area contributed by atoms with Gasteiger partial charge in [0.2, 0.25) is 0 Å². The van der Waals surface area contributed by atoms with E-state index in [2.05, 4.69) is 0 Å². The molecule has 1 aliphatic rings. The maximum Gasteiger partial charge on any atom is 0.161 e. The van der Waals surface area contributed by atoms with Gasteiger partial charge in [-0.2, -0.15) is 0 Å². The van der Waals surface area contributed by atoms with Crippen molar-refractivity contribution in [1.29, 1.82) is 0 Å². The van der Waals surface area contributed by atoms with E-state index in [9.17, 15) is 4.79 Å². The van der Waals surface area contributed by atoms with Crippen molar-refractivity contribution in [1.82, 2.24) is 0 Å². The van der Waals surface area contributed by atoms with E-state index in [1.807, 2.05) is 43.3 Å². The predicted octanol–water partition coefficient (Wildman–Crippen LogP) is 3.64. The van der Waals surface area contributed by atoms with Crippen molar-refractivity contribution in [2.75, 3.05) is 13.2 Å². The third-order valence-electron chi connectivity index (χ3n) is 3.45. The van der Waals surface area contributed by atoms with Crippen molar-refractivity contribution < 1.29 is 14.3 Å². The van der Waals surface area contributed by atoms with Crippen LogP contribution in [-0.2, 0) is 0 Å². The average Bonchev–Trinajstić information content (AvgIpc) is 2.71. The average molecular weight is 268 g/mol. The molecule has 3 nitrogen and oxygen atoms in total. The molecule has 0 saturated carbocycles. The number of aldehydes is 1. The topological polar surface area (TPSA) is 35.5 Å². The van der Waals surface area contributed by atoms with Gasteiger partial charge in [-0.3, -0.25) is 4.79 Å². The molecule has 2 aromatic carbocycles. The van der Waals surface area contributed by atoms with Crippen molar-refractivity contribution >= 4 is 6.29 Å². The molecule has 3 heteroatoms. The molecule has 0 aromatic heterocycles. The van der Waals surface area contributed by atoms with Gasteiger partial charge in [0.05, 0.1) is 13.2 Å². The van der Waals surface area contributed by atoms with Crippen molar-refractivity contribution in [3.8, 4) is 22.6 Å². The fourth-order valence-electron chi connectivity index (χ4n) is 2.41. The van der Waals surface area contributed by atoms with Gasteiger partial charge in [-0.1, -0.05) is 18.2 Å². The van der Waals surface area contributed by atoms with Gasteiger partial charge in [0.25, 0.3) is 0 Å². The molecule has 1 aliphatic heterocycles. The summed E-state index contributed by atoms with van der Waals surface area (Å²) in [6.07, 6.45) is 1.77. The molecule has 0 atom stereocenters. The number of hydrogen-bond acceptors (Lipinski definition) is 3. The fraction of sp³-hybridized carbons (Fsp3) is 0.235. The maximum atomic E-state index is 10.8. The van der Waals surface area contributed by atoms with Crippen LogP contribution in [-0.4, -0.2) is 19.5 Å². The van der Waals surface area contributed by atoms with Crippen molar-refractivity contribution in [3.05, 3.63) is 47.5 Å². The number of carbonyl (C=O) groups is 1. The Labute approximate surface area is 118 Å². The van der Waals surface area contributed by atoms with Crippen molar-refractivity contribution in [3.63, 3.8) is 0 Å². The summed E-state index contributed by atoms with van der Waals surface area (Å²) in [5.41, 5.74) is 3.94. The van der Waals surface area contributed by atoms with E-state index < -0.39 is 0 Å². The number of carbonyl (C=O) groups excluding carboxylic acids is 1. The van der Waals surface area contributed by atoms with Crippen LogP contribution in [0.25, 0.3) is 11.1 Å². The summed E-state index contributed by atoms with van der Waals surface area (Å²) >= 11 is 0. The van der Waals surface area contributed by atoms with Crippen molar-refractivity contribution in [2.24, 2.45) is 0 Å². The van der Waals surface area contributed by atoms with Gasteiger partial charge in [-0.25, -0.2) is 0 Å². The van der Waals surface area contributed by atoms with Crippen LogP contribution in [0, 0.1) is 6.92 Å². The number of hydrogen-bond donors (Lipinski definition) is 0. The first-order valence-electron chi connectivity index (χ1n) is 6.74. The predicted molar refractivity (Wildman–Crippen MR) is 77.6 cm³/mol. The van der Waals surface area contributed by atoms with Crippen molar-refractivity contribution in [2.45, 2.75) is 13.3 Å². The fourth-order valence-corrected chi connectivity index (χ4v) is 2.41. The zero-order valence-electron chi connectivity index (χ0n) is 11.4. The Balaban J connectivity index is 2.02. The van der Waals surface area contributed by atoms with Gasteiger partial charge in [-0.15, -0.1) is 0 Å². The zero-order chi connectivity index (χ0) is 13.9. The van der Waals surface area contributed by atoms with E-state index in [1.54, 1.807) is 0 Å². The third-order valence-corrected chi connectivity index (χ3v) is 3.45. The minimum Gasteiger partial charge on any atom is -0.490 e. The monoisotopic (exact) mass is 268 g/mol. The van der Waals surface area contributed by atoms with Crippen LogP contribution in [0.4, 0.5) is 0 Å². The largest absolute Gasteiger partial charge is 0.490 e. The number of aryl methyl sites for hydroxylation is 1. The Kier molecular flexibility index (Phi) is 3.42. The second-order valence-electron chi connectivity index (χ2n) is 4.90. The summed E-state index contributed by atoms with van der Waals surface area (Å²) in [6, 6.07) is 11.7. The molecule has 1 heterocycles. The van der Waals surface area contributed by atoms with Crippen LogP contribution in [0.3, 0.4) is 0 Å². The normalized spacial score (nSPS) is 13.7. The highest BCUT2D eigenvalue weighted by molar-refractivity contribution is 5.79. The second-order valence-corrected chi connectivity index (χ2v) is 4.90. The highest BCUT2D eigenvalue weighted by atomic mass is 16.5. The zero-order valence-corrected chi connectivity index (χ0v) is 11.4. The lowest BCUT2D eigenvalue weighted by Crippen LogP contribution is -1.97. The third kappa shape index (κ3) is 2.39. The van der Waals surface area contributed by atoms with Crippen LogP contribution in [0.15, 0.2) is 36.4 Å². The van der Waals surface area contributed by atoms with Crippen LogP contribution in [0.5, 0.6) is 11.5 Å². The highest BCUT2D eigenvalue weighted by Crippen LogP contribution is 2.35. The first kappa shape index (κ1) is 12.7. The summed E-state index contributed by atoms with van der Waals surface area (Å²) in [7, 11) is 0. The number of benzene rings is 2. The lowest BCUT2D eigenvalue weighted by Gasteiger charge is -2.11. The maximum absolute atomic E-state index is 10.8. The van der Waals surface area contributed by atoms with E-state index in [0.29, 0.717) is 18.8 Å². The number of fused-ring (bicyclic) bond motifs is 1. The van der Waals surface area contributed by atoms with E-state index in [0.717, 1.165) is 40.9 Å². The molecule has 0 aliphatic carbocycles. The summed E-state index contributed by atoms with van der Waals surface area (Å²) in [5.74, 6) is 1.59. The molecule has 2 aromatic rings. The molecule has 0 N–H and O–H groups in total. The SMILES string of the molecule is Cc1cc(C=O)ccc1-c1ccc2c(c1)OCCCO2. The van der Waals surface area contributed by atoms with Crippen LogP contribution in [0.1, 0.15) is 22.3 Å². The Hall–Kier alpha value is -2.29. The quantitative estimate of drug-likeness (QED) is 0.780. The molecule has 0 unspecified atom stereocenters. The minimum absolute atomic E-state index is 0.680. The summed E-state index contributed by atoms with van der Waals surface area (Å²) in [5, 5.41) is 0. The number of rotatable bonds is 2.